The van der Waals surface area contributed by atoms with E-state index in [1.165, 1.54) is 21.9 Å². The number of hydroxylamine groups is 1. The van der Waals surface area contributed by atoms with Gasteiger partial charge in [0.2, 0.25) is 10.0 Å². The maximum Gasteiger partial charge on any atom is 0.573 e. The first-order valence-corrected chi connectivity index (χ1v) is 11.2. The summed E-state index contributed by atoms with van der Waals surface area (Å²) in [6, 6.07) is 4.97. The van der Waals surface area contributed by atoms with Crippen LogP contribution >= 0.6 is 0 Å². The van der Waals surface area contributed by atoms with E-state index in [0.29, 0.717) is 31.7 Å². The van der Waals surface area contributed by atoms with Gasteiger partial charge in [0.15, 0.2) is 4.75 Å². The largest absolute Gasteiger partial charge is 0.573 e. The number of amides is 1. The number of alkyl halides is 3. The van der Waals surface area contributed by atoms with Crippen LogP contribution in [-0.4, -0.2) is 67.2 Å². The Morgan fingerprint density at radius 1 is 1.13 bits per heavy atom. The van der Waals surface area contributed by atoms with Crippen molar-refractivity contribution in [3.8, 4) is 11.5 Å². The number of benzene rings is 1. The molecule has 3 N–H and O–H groups in total. The van der Waals surface area contributed by atoms with Crippen molar-refractivity contribution in [2.45, 2.75) is 42.9 Å². The van der Waals surface area contributed by atoms with E-state index in [4.69, 9.17) is 9.94 Å². The lowest BCUT2D eigenvalue weighted by atomic mass is 9.96. The minimum atomic E-state index is -4.78. The predicted octanol–water partition coefficient (Wildman–Crippen LogP) is 1.39. The molecule has 1 aromatic rings. The molecule has 2 saturated heterocycles. The number of nitrogens with one attached hydrogen (secondary N) is 2. The Kier molecular flexibility index (Phi) is 6.98. The number of ether oxygens (including phenoxy) is 2. The van der Waals surface area contributed by atoms with E-state index in [1.54, 1.807) is 0 Å². The van der Waals surface area contributed by atoms with Gasteiger partial charge in [0.1, 0.15) is 17.6 Å². The van der Waals surface area contributed by atoms with Crippen molar-refractivity contribution in [2.75, 3.05) is 26.2 Å². The highest BCUT2D eigenvalue weighted by Crippen LogP contribution is 2.34. The Bertz CT molecular complexity index is 865. The Labute approximate surface area is 177 Å². The minimum Gasteiger partial charge on any atom is -0.490 e. The third kappa shape index (κ3) is 5.22. The number of rotatable bonds is 6. The number of sulfonamides is 1. The molecule has 174 valence electrons. The van der Waals surface area contributed by atoms with Crippen molar-refractivity contribution >= 4 is 15.9 Å². The molecule has 9 nitrogen and oxygen atoms in total. The topological polar surface area (TPSA) is 117 Å². The van der Waals surface area contributed by atoms with Gasteiger partial charge in [-0.2, -0.15) is 0 Å². The summed E-state index contributed by atoms with van der Waals surface area (Å²) in [5.74, 6) is -0.964. The summed E-state index contributed by atoms with van der Waals surface area (Å²) >= 11 is 0. The fourth-order valence-corrected chi connectivity index (χ4v) is 6.07. The molecule has 1 aromatic carbocycles. The second-order valence-electron chi connectivity index (χ2n) is 7.43. The van der Waals surface area contributed by atoms with E-state index in [1.807, 2.05) is 0 Å². The first-order chi connectivity index (χ1) is 14.6. The van der Waals surface area contributed by atoms with Gasteiger partial charge in [-0.15, -0.1) is 13.2 Å². The van der Waals surface area contributed by atoms with E-state index >= 15 is 0 Å². The van der Waals surface area contributed by atoms with Crippen molar-refractivity contribution in [1.82, 2.24) is 15.1 Å². The average Bonchev–Trinajstić information content (AvgIpc) is 2.74. The zero-order valence-corrected chi connectivity index (χ0v) is 17.3. The quantitative estimate of drug-likeness (QED) is 0.428. The van der Waals surface area contributed by atoms with Crippen molar-refractivity contribution in [3.63, 3.8) is 0 Å². The standard InChI is InChI=1S/C18H24F3N3O6S/c19-18(20,21)30-15-3-1-13(2-4-15)29-14-5-11-24(12-6-14)31(27,28)17(16(25)23-26)7-9-22-10-8-17/h1-4,14,22,26H,5-12H2,(H,23,25). The fourth-order valence-electron chi connectivity index (χ4n) is 3.88. The molecule has 0 aromatic heterocycles. The highest BCUT2D eigenvalue weighted by molar-refractivity contribution is 7.91. The van der Waals surface area contributed by atoms with Crippen molar-refractivity contribution in [1.29, 1.82) is 0 Å². The number of nitrogens with zero attached hydrogens (tertiary/aromatic N) is 1. The summed E-state index contributed by atoms with van der Waals surface area (Å²) in [5, 5.41) is 12.1. The molecule has 1 amide bonds. The number of hydrogen-bond donors (Lipinski definition) is 3. The van der Waals surface area contributed by atoms with Crippen LogP contribution < -0.4 is 20.3 Å². The molecular weight excluding hydrogens is 443 g/mol. The maximum atomic E-state index is 13.3. The molecule has 31 heavy (non-hydrogen) atoms. The first-order valence-electron chi connectivity index (χ1n) is 9.75. The van der Waals surface area contributed by atoms with Gasteiger partial charge >= 0.3 is 6.36 Å². The fraction of sp³-hybridized carbons (Fsp3) is 0.611. The van der Waals surface area contributed by atoms with Crippen molar-refractivity contribution in [2.24, 2.45) is 0 Å². The van der Waals surface area contributed by atoms with Crippen LogP contribution in [0.25, 0.3) is 0 Å². The summed E-state index contributed by atoms with van der Waals surface area (Å²) in [4.78, 5) is 12.3. The number of carbonyl (C=O) groups is 1. The van der Waals surface area contributed by atoms with Crippen LogP contribution in [0.4, 0.5) is 13.2 Å². The molecule has 2 aliphatic heterocycles. The number of carbonyl (C=O) groups excluding carboxylic acids is 1. The van der Waals surface area contributed by atoms with E-state index in [2.05, 4.69) is 10.1 Å². The van der Waals surface area contributed by atoms with Gasteiger partial charge in [0.25, 0.3) is 5.91 Å². The Hall–Kier alpha value is -2.09. The summed E-state index contributed by atoms with van der Waals surface area (Å²) in [5.41, 5.74) is 1.50. The predicted molar refractivity (Wildman–Crippen MR) is 102 cm³/mol. The van der Waals surface area contributed by atoms with Crippen LogP contribution in [0.3, 0.4) is 0 Å². The third-order valence-corrected chi connectivity index (χ3v) is 8.15. The molecule has 2 heterocycles. The smallest absolute Gasteiger partial charge is 0.490 e. The van der Waals surface area contributed by atoms with Crippen LogP contribution in [0.15, 0.2) is 24.3 Å². The Balaban J connectivity index is 1.61. The van der Waals surface area contributed by atoms with E-state index in [9.17, 15) is 26.4 Å². The van der Waals surface area contributed by atoms with Gasteiger partial charge in [0, 0.05) is 13.1 Å². The summed E-state index contributed by atoms with van der Waals surface area (Å²) < 4.78 is 72.3. The number of piperidine rings is 2. The molecule has 0 spiro atoms. The summed E-state index contributed by atoms with van der Waals surface area (Å²) in [6.07, 6.45) is -4.34. The molecule has 0 atom stereocenters. The minimum absolute atomic E-state index is 0.0461. The second-order valence-corrected chi connectivity index (χ2v) is 9.67. The van der Waals surface area contributed by atoms with Crippen molar-refractivity contribution in [3.05, 3.63) is 24.3 Å². The Morgan fingerprint density at radius 2 is 1.68 bits per heavy atom. The molecule has 0 aliphatic carbocycles. The lowest BCUT2D eigenvalue weighted by molar-refractivity contribution is -0.274. The lowest BCUT2D eigenvalue weighted by Gasteiger charge is -2.40. The van der Waals surface area contributed by atoms with Gasteiger partial charge < -0.3 is 14.8 Å². The Morgan fingerprint density at radius 3 is 2.19 bits per heavy atom. The van der Waals surface area contributed by atoms with Crippen LogP contribution in [0.5, 0.6) is 11.5 Å². The molecule has 0 bridgehead atoms. The maximum absolute atomic E-state index is 13.3. The molecule has 0 saturated carbocycles. The molecule has 0 unspecified atom stereocenters. The zero-order chi connectivity index (χ0) is 22.7. The van der Waals surface area contributed by atoms with Gasteiger partial charge in [-0.3, -0.25) is 10.0 Å². The summed E-state index contributed by atoms with van der Waals surface area (Å²) in [6.45, 7) is 0.910. The monoisotopic (exact) mass is 467 g/mol. The number of halogens is 3. The van der Waals surface area contributed by atoms with E-state index < -0.39 is 27.0 Å². The van der Waals surface area contributed by atoms with Crippen LogP contribution in [0.2, 0.25) is 0 Å². The third-order valence-electron chi connectivity index (χ3n) is 5.52. The van der Waals surface area contributed by atoms with Crippen LogP contribution in [0.1, 0.15) is 25.7 Å². The highest BCUT2D eigenvalue weighted by atomic mass is 32.2. The molecule has 0 radical (unpaired) electrons. The number of hydrogen-bond acceptors (Lipinski definition) is 7. The van der Waals surface area contributed by atoms with Gasteiger partial charge in [-0.1, -0.05) is 0 Å². The van der Waals surface area contributed by atoms with Gasteiger partial charge in [-0.05, 0) is 63.0 Å². The van der Waals surface area contributed by atoms with Gasteiger partial charge in [-0.25, -0.2) is 18.2 Å². The molecule has 13 heteroatoms. The normalized spacial score (nSPS) is 20.8. The average molecular weight is 467 g/mol. The molecule has 2 fully saturated rings. The molecule has 2 aliphatic rings. The SMILES string of the molecule is O=C(NO)C1(S(=O)(=O)N2CCC(Oc3ccc(OC(F)(F)F)cc3)CC2)CCNCC1. The van der Waals surface area contributed by atoms with Crippen LogP contribution in [0, 0.1) is 0 Å². The van der Waals surface area contributed by atoms with E-state index in [-0.39, 0.29) is 37.8 Å². The zero-order valence-electron chi connectivity index (χ0n) is 16.5. The van der Waals surface area contributed by atoms with Gasteiger partial charge in [0.05, 0.1) is 0 Å². The van der Waals surface area contributed by atoms with Crippen molar-refractivity contribution < 1.29 is 41.1 Å². The van der Waals surface area contributed by atoms with Crippen LogP contribution in [-0.2, 0) is 14.8 Å². The van der Waals surface area contributed by atoms with E-state index in [0.717, 1.165) is 12.1 Å². The summed E-state index contributed by atoms with van der Waals surface area (Å²) in [7, 11) is -4.03. The highest BCUT2D eigenvalue weighted by Gasteiger charge is 2.54. The second kappa shape index (κ2) is 9.18. The lowest BCUT2D eigenvalue weighted by Crippen LogP contribution is -2.62. The first kappa shape index (κ1) is 23.6. The molecule has 3 rings (SSSR count). The molecular formula is C18H24F3N3O6S.